The fraction of sp³-hybridized carbons (Fsp3) is 1.00. The van der Waals surface area contributed by atoms with Gasteiger partial charge in [-0.15, -0.1) is 0 Å². The van der Waals surface area contributed by atoms with Gasteiger partial charge in [0.25, 0.3) is 0 Å². The molecule has 106 valence electrons. The molecule has 18 heavy (non-hydrogen) atoms. The molecule has 0 aromatic heterocycles. The van der Waals surface area contributed by atoms with E-state index in [-0.39, 0.29) is 0 Å². The van der Waals surface area contributed by atoms with Crippen LogP contribution in [0.5, 0.6) is 0 Å². The zero-order valence-corrected chi connectivity index (χ0v) is 12.3. The topological polar surface area (TPSA) is 30.5 Å². The van der Waals surface area contributed by atoms with Crippen LogP contribution >= 0.6 is 0 Å². The van der Waals surface area contributed by atoms with Crippen LogP contribution in [0.1, 0.15) is 40.5 Å². The van der Waals surface area contributed by atoms with E-state index >= 15 is 0 Å². The summed E-state index contributed by atoms with van der Waals surface area (Å²) in [4.78, 5) is 0. The average Bonchev–Trinajstić information content (AvgIpc) is 2.62. The van der Waals surface area contributed by atoms with Gasteiger partial charge in [-0.05, 0) is 45.1 Å². The Morgan fingerprint density at radius 3 is 2.28 bits per heavy atom. The van der Waals surface area contributed by atoms with Gasteiger partial charge in [0.05, 0.1) is 12.2 Å². The molecule has 2 aliphatic heterocycles. The Kier molecular flexibility index (Phi) is 5.05. The van der Waals surface area contributed by atoms with Crippen LogP contribution in [0.2, 0.25) is 0 Å². The van der Waals surface area contributed by atoms with Gasteiger partial charge in [0.15, 0.2) is 0 Å². The van der Waals surface area contributed by atoms with E-state index in [0.29, 0.717) is 30.1 Å². The molecule has 0 amide bonds. The minimum Gasteiger partial charge on any atom is -0.381 e. The maximum absolute atomic E-state index is 6.03. The van der Waals surface area contributed by atoms with Crippen molar-refractivity contribution < 1.29 is 9.47 Å². The molecule has 0 spiro atoms. The fourth-order valence-electron chi connectivity index (χ4n) is 3.84. The third-order valence-electron chi connectivity index (χ3n) is 4.95. The lowest BCUT2D eigenvalue weighted by atomic mass is 9.75. The van der Waals surface area contributed by atoms with Crippen LogP contribution in [0.25, 0.3) is 0 Å². The SMILES string of the molecule is CCNC(C1CCOCC1)C1C(C)OC(C)C1C. The Labute approximate surface area is 112 Å². The molecule has 1 N–H and O–H groups in total. The van der Waals surface area contributed by atoms with E-state index in [1.165, 1.54) is 12.8 Å². The maximum Gasteiger partial charge on any atom is 0.0597 e. The summed E-state index contributed by atoms with van der Waals surface area (Å²) < 4.78 is 11.5. The molecular formula is C15H29NO2. The second kappa shape index (κ2) is 6.36. The standard InChI is InChI=1S/C15H29NO2/c1-5-16-15(13-6-8-17-9-7-13)14-10(2)11(3)18-12(14)4/h10-16H,5-9H2,1-4H3. The summed E-state index contributed by atoms with van der Waals surface area (Å²) in [6.07, 6.45) is 3.16. The molecule has 2 aliphatic rings. The van der Waals surface area contributed by atoms with Crippen LogP contribution < -0.4 is 5.32 Å². The highest BCUT2D eigenvalue weighted by molar-refractivity contribution is 4.95. The second-order valence-electron chi connectivity index (χ2n) is 6.02. The van der Waals surface area contributed by atoms with Crippen molar-refractivity contribution in [3.8, 4) is 0 Å². The van der Waals surface area contributed by atoms with E-state index in [1.54, 1.807) is 0 Å². The molecule has 2 heterocycles. The van der Waals surface area contributed by atoms with Gasteiger partial charge in [-0.25, -0.2) is 0 Å². The first kappa shape index (κ1) is 14.3. The minimum absolute atomic E-state index is 0.377. The molecule has 0 saturated carbocycles. The summed E-state index contributed by atoms with van der Waals surface area (Å²) >= 11 is 0. The number of hydrogen-bond acceptors (Lipinski definition) is 3. The maximum atomic E-state index is 6.03. The minimum atomic E-state index is 0.377. The normalized spacial score (nSPS) is 40.0. The van der Waals surface area contributed by atoms with Gasteiger partial charge >= 0.3 is 0 Å². The van der Waals surface area contributed by atoms with Crippen molar-refractivity contribution in [3.05, 3.63) is 0 Å². The molecule has 2 fully saturated rings. The highest BCUT2D eigenvalue weighted by Crippen LogP contribution is 2.38. The molecule has 5 unspecified atom stereocenters. The molecule has 2 rings (SSSR count). The predicted octanol–water partition coefficient (Wildman–Crippen LogP) is 2.45. The predicted molar refractivity (Wildman–Crippen MR) is 73.7 cm³/mol. The molecule has 5 atom stereocenters. The summed E-state index contributed by atoms with van der Waals surface area (Å²) in [5.41, 5.74) is 0. The largest absolute Gasteiger partial charge is 0.381 e. The van der Waals surface area contributed by atoms with Crippen molar-refractivity contribution >= 4 is 0 Å². The summed E-state index contributed by atoms with van der Waals surface area (Å²) in [5.74, 6) is 2.04. The molecule has 0 aliphatic carbocycles. The Hall–Kier alpha value is -0.120. The van der Waals surface area contributed by atoms with Gasteiger partial charge in [0, 0.05) is 25.2 Å². The molecular weight excluding hydrogens is 226 g/mol. The lowest BCUT2D eigenvalue weighted by molar-refractivity contribution is 0.0230. The van der Waals surface area contributed by atoms with Gasteiger partial charge in [-0.3, -0.25) is 0 Å². The second-order valence-corrected chi connectivity index (χ2v) is 6.02. The summed E-state index contributed by atoms with van der Waals surface area (Å²) in [6.45, 7) is 11.9. The summed E-state index contributed by atoms with van der Waals surface area (Å²) in [5, 5.41) is 3.74. The highest BCUT2D eigenvalue weighted by Gasteiger charge is 2.44. The number of nitrogens with one attached hydrogen (secondary N) is 1. The third kappa shape index (κ3) is 2.89. The van der Waals surface area contributed by atoms with E-state index in [9.17, 15) is 0 Å². The third-order valence-corrected chi connectivity index (χ3v) is 4.95. The van der Waals surface area contributed by atoms with E-state index in [4.69, 9.17) is 9.47 Å². The Bertz CT molecular complexity index is 253. The quantitative estimate of drug-likeness (QED) is 0.837. The molecule has 0 aromatic carbocycles. The Morgan fingerprint density at radius 1 is 1.11 bits per heavy atom. The first-order chi connectivity index (χ1) is 8.65. The molecule has 0 radical (unpaired) electrons. The lowest BCUT2D eigenvalue weighted by Gasteiger charge is -2.37. The zero-order chi connectivity index (χ0) is 13.1. The summed E-state index contributed by atoms with van der Waals surface area (Å²) in [7, 11) is 0. The molecule has 3 nitrogen and oxygen atoms in total. The van der Waals surface area contributed by atoms with Crippen LogP contribution in [0.3, 0.4) is 0 Å². The smallest absolute Gasteiger partial charge is 0.0597 e. The lowest BCUT2D eigenvalue weighted by Crippen LogP contribution is -2.48. The number of hydrogen-bond donors (Lipinski definition) is 1. The molecule has 2 saturated heterocycles. The van der Waals surface area contributed by atoms with E-state index in [1.807, 2.05) is 0 Å². The van der Waals surface area contributed by atoms with Crippen molar-refractivity contribution in [1.82, 2.24) is 5.32 Å². The monoisotopic (exact) mass is 255 g/mol. The van der Waals surface area contributed by atoms with Gasteiger partial charge in [-0.1, -0.05) is 13.8 Å². The van der Waals surface area contributed by atoms with Gasteiger partial charge in [0.1, 0.15) is 0 Å². The van der Waals surface area contributed by atoms with Crippen LogP contribution in [0, 0.1) is 17.8 Å². The van der Waals surface area contributed by atoms with E-state index < -0.39 is 0 Å². The molecule has 0 aromatic rings. The van der Waals surface area contributed by atoms with Crippen molar-refractivity contribution in [2.24, 2.45) is 17.8 Å². The molecule has 0 bridgehead atoms. The van der Waals surface area contributed by atoms with E-state index in [0.717, 1.165) is 25.7 Å². The zero-order valence-electron chi connectivity index (χ0n) is 12.3. The van der Waals surface area contributed by atoms with Gasteiger partial charge in [-0.2, -0.15) is 0 Å². The van der Waals surface area contributed by atoms with Crippen LogP contribution in [0.4, 0.5) is 0 Å². The Morgan fingerprint density at radius 2 is 1.78 bits per heavy atom. The summed E-state index contributed by atoms with van der Waals surface area (Å²) in [6, 6.07) is 0.592. The van der Waals surface area contributed by atoms with Crippen LogP contribution in [-0.4, -0.2) is 38.0 Å². The van der Waals surface area contributed by atoms with Crippen LogP contribution in [0.15, 0.2) is 0 Å². The molecule has 3 heteroatoms. The van der Waals surface area contributed by atoms with Crippen molar-refractivity contribution in [2.45, 2.75) is 58.8 Å². The number of rotatable bonds is 4. The average molecular weight is 255 g/mol. The van der Waals surface area contributed by atoms with E-state index in [2.05, 4.69) is 33.0 Å². The number of ether oxygens (including phenoxy) is 2. The van der Waals surface area contributed by atoms with Crippen molar-refractivity contribution in [2.75, 3.05) is 19.8 Å². The highest BCUT2D eigenvalue weighted by atomic mass is 16.5. The first-order valence-electron chi connectivity index (χ1n) is 7.61. The van der Waals surface area contributed by atoms with Crippen LogP contribution in [-0.2, 0) is 9.47 Å². The van der Waals surface area contributed by atoms with Crippen molar-refractivity contribution in [1.29, 1.82) is 0 Å². The first-order valence-corrected chi connectivity index (χ1v) is 7.61. The van der Waals surface area contributed by atoms with Crippen molar-refractivity contribution in [3.63, 3.8) is 0 Å². The van der Waals surface area contributed by atoms with Gasteiger partial charge in [0.2, 0.25) is 0 Å². The fourth-order valence-corrected chi connectivity index (χ4v) is 3.84. The Balaban J connectivity index is 2.08. The van der Waals surface area contributed by atoms with Gasteiger partial charge < -0.3 is 14.8 Å².